The third-order valence-corrected chi connectivity index (χ3v) is 9.37. The van der Waals surface area contributed by atoms with E-state index in [0.29, 0.717) is 50.8 Å². The molecule has 0 radical (unpaired) electrons. The van der Waals surface area contributed by atoms with Crippen LogP contribution in [0.1, 0.15) is 75.7 Å². The van der Waals surface area contributed by atoms with Crippen LogP contribution in [0.5, 0.6) is 0 Å². The van der Waals surface area contributed by atoms with Gasteiger partial charge in [-0.15, -0.1) is 0 Å². The Morgan fingerprint density at radius 3 is 2.07 bits per heavy atom. The molecule has 1 heterocycles. The summed E-state index contributed by atoms with van der Waals surface area (Å²) in [6.45, 7) is 6.67. The van der Waals surface area contributed by atoms with Crippen molar-refractivity contribution in [3.05, 3.63) is 165 Å². The molecule has 1 aliphatic carbocycles. The lowest BCUT2D eigenvalue weighted by Gasteiger charge is -2.26. The van der Waals surface area contributed by atoms with E-state index in [2.05, 4.69) is 55.3 Å². The van der Waals surface area contributed by atoms with Gasteiger partial charge in [0.05, 0.1) is 22.3 Å². The lowest BCUT2D eigenvalue weighted by molar-refractivity contribution is 0.102. The van der Waals surface area contributed by atoms with E-state index in [0.717, 1.165) is 23.2 Å². The zero-order valence-corrected chi connectivity index (χ0v) is 26.1. The van der Waals surface area contributed by atoms with Crippen LogP contribution in [-0.4, -0.2) is 16.6 Å². The van der Waals surface area contributed by atoms with Crippen molar-refractivity contribution in [3.8, 4) is 11.1 Å². The molecule has 0 aliphatic heterocycles. The van der Waals surface area contributed by atoms with E-state index in [1.807, 2.05) is 60.7 Å². The molecular weight excluding hydrogens is 568 g/mol. The van der Waals surface area contributed by atoms with Crippen molar-refractivity contribution in [2.24, 2.45) is 0 Å². The summed E-state index contributed by atoms with van der Waals surface area (Å²) in [6, 6.07) is 36.4. The molecule has 0 unspecified atom stereocenters. The Bertz CT molecular complexity index is 2200. The number of hydrogen-bond donors (Lipinski definition) is 2. The molecule has 5 nitrogen and oxygen atoms in total. The maximum absolute atomic E-state index is 14.4. The van der Waals surface area contributed by atoms with Crippen LogP contribution in [-0.2, 0) is 11.8 Å². The standard InChI is InChI=1S/C41H34N2O3/c1-4-41(2,3)28-21-19-25(20-22-28)23-27-24-32(42-29-15-9-6-10-16-29)34-35-33(30-17-11-12-18-31(30)39(34)45)36(40(46)43-37(27)35)38(44)26-13-7-5-8-14-26/h5-22,24,42H,4,23H2,1-3H3,(H,43,46). The van der Waals surface area contributed by atoms with Crippen LogP contribution < -0.4 is 10.9 Å². The predicted octanol–water partition coefficient (Wildman–Crippen LogP) is 8.99. The van der Waals surface area contributed by atoms with Gasteiger partial charge in [-0.3, -0.25) is 14.4 Å². The number of nitrogens with one attached hydrogen (secondary N) is 2. The fourth-order valence-corrected chi connectivity index (χ4v) is 6.45. The number of aromatic amines is 1. The quantitative estimate of drug-likeness (QED) is 0.170. The molecule has 2 N–H and O–H groups in total. The minimum absolute atomic E-state index is 0.0360. The van der Waals surface area contributed by atoms with Crippen molar-refractivity contribution < 1.29 is 9.59 Å². The van der Waals surface area contributed by atoms with Crippen LogP contribution in [0.25, 0.3) is 22.0 Å². The Hall–Kier alpha value is -5.55. The van der Waals surface area contributed by atoms with Crippen LogP contribution >= 0.6 is 0 Å². The van der Waals surface area contributed by atoms with Gasteiger partial charge < -0.3 is 10.3 Å². The summed E-state index contributed by atoms with van der Waals surface area (Å²) in [5, 5.41) is 4.08. The number of carbonyl (C=O) groups excluding carboxylic acids is 2. The van der Waals surface area contributed by atoms with Crippen molar-refractivity contribution in [2.75, 3.05) is 5.32 Å². The van der Waals surface area contributed by atoms with Crippen molar-refractivity contribution >= 4 is 33.8 Å². The first-order valence-electron chi connectivity index (χ1n) is 15.7. The molecule has 5 aromatic carbocycles. The molecule has 0 bridgehead atoms. The van der Waals surface area contributed by atoms with Crippen LogP contribution in [0, 0.1) is 0 Å². The molecule has 1 aliphatic rings. The average molecular weight is 603 g/mol. The zero-order chi connectivity index (χ0) is 32.0. The zero-order valence-electron chi connectivity index (χ0n) is 26.1. The highest BCUT2D eigenvalue weighted by atomic mass is 16.1. The number of aromatic nitrogens is 1. The smallest absolute Gasteiger partial charge is 0.260 e. The van der Waals surface area contributed by atoms with E-state index in [9.17, 15) is 14.4 Å². The van der Waals surface area contributed by atoms with Gasteiger partial charge in [-0.25, -0.2) is 0 Å². The van der Waals surface area contributed by atoms with E-state index < -0.39 is 5.56 Å². The number of fused-ring (bicyclic) bond motifs is 2. The van der Waals surface area contributed by atoms with Crippen molar-refractivity contribution in [3.63, 3.8) is 0 Å². The number of ketones is 2. The predicted molar refractivity (Wildman–Crippen MR) is 186 cm³/mol. The van der Waals surface area contributed by atoms with Gasteiger partial charge in [0.2, 0.25) is 0 Å². The van der Waals surface area contributed by atoms with Crippen LogP contribution in [0.4, 0.5) is 11.4 Å². The van der Waals surface area contributed by atoms with Gasteiger partial charge >= 0.3 is 0 Å². The monoisotopic (exact) mass is 602 g/mol. The minimum atomic E-state index is -0.475. The summed E-state index contributed by atoms with van der Waals surface area (Å²) in [4.78, 5) is 45.6. The maximum Gasteiger partial charge on any atom is 0.260 e. The molecule has 0 spiro atoms. The summed E-state index contributed by atoms with van der Waals surface area (Å²) in [7, 11) is 0. The van der Waals surface area contributed by atoms with E-state index in [-0.39, 0.29) is 22.5 Å². The van der Waals surface area contributed by atoms with E-state index >= 15 is 0 Å². The van der Waals surface area contributed by atoms with Crippen molar-refractivity contribution in [2.45, 2.75) is 39.0 Å². The Morgan fingerprint density at radius 1 is 0.761 bits per heavy atom. The largest absolute Gasteiger partial charge is 0.355 e. The number of anilines is 2. The second-order valence-corrected chi connectivity index (χ2v) is 12.6. The first-order valence-corrected chi connectivity index (χ1v) is 15.7. The summed E-state index contributed by atoms with van der Waals surface area (Å²) in [6.07, 6.45) is 1.54. The number of carbonyl (C=O) groups is 2. The molecule has 5 heteroatoms. The number of benzene rings is 5. The van der Waals surface area contributed by atoms with Gasteiger partial charge in [-0.2, -0.15) is 0 Å². The first-order chi connectivity index (χ1) is 22.3. The maximum atomic E-state index is 14.4. The number of para-hydroxylation sites is 1. The Kier molecular flexibility index (Phi) is 7.25. The van der Waals surface area contributed by atoms with Gasteiger partial charge in [0.1, 0.15) is 0 Å². The molecule has 0 saturated heterocycles. The van der Waals surface area contributed by atoms with Crippen molar-refractivity contribution in [1.82, 2.24) is 4.98 Å². The SMILES string of the molecule is CCC(C)(C)c1ccc(Cc2cc(Nc3ccccc3)c3c4c(c(C(=O)c5ccccc5)c(=O)[nH]c24)-c2ccccc2C3=O)cc1. The van der Waals surface area contributed by atoms with E-state index in [4.69, 9.17) is 0 Å². The lowest BCUT2D eigenvalue weighted by atomic mass is 9.78. The average Bonchev–Trinajstić information content (AvgIpc) is 3.08. The van der Waals surface area contributed by atoms with Crippen LogP contribution in [0.2, 0.25) is 0 Å². The highest BCUT2D eigenvalue weighted by molar-refractivity contribution is 6.31. The lowest BCUT2D eigenvalue weighted by Crippen LogP contribution is -2.24. The Morgan fingerprint density at radius 2 is 1.39 bits per heavy atom. The van der Waals surface area contributed by atoms with E-state index in [1.165, 1.54) is 5.56 Å². The van der Waals surface area contributed by atoms with Crippen molar-refractivity contribution in [1.29, 1.82) is 0 Å². The molecule has 0 saturated carbocycles. The highest BCUT2D eigenvalue weighted by Gasteiger charge is 2.34. The molecule has 226 valence electrons. The second kappa shape index (κ2) is 11.4. The third-order valence-electron chi connectivity index (χ3n) is 9.37. The topological polar surface area (TPSA) is 79.0 Å². The molecule has 0 atom stereocenters. The van der Waals surface area contributed by atoms with Gasteiger partial charge in [-0.05, 0) is 58.7 Å². The number of hydrogen-bond acceptors (Lipinski definition) is 4. The molecule has 7 rings (SSSR count). The molecule has 0 fully saturated rings. The van der Waals surface area contributed by atoms with Crippen LogP contribution in [0.3, 0.4) is 0 Å². The molecule has 46 heavy (non-hydrogen) atoms. The normalized spacial score (nSPS) is 12.2. The van der Waals surface area contributed by atoms with Crippen LogP contribution in [0.15, 0.2) is 120 Å². The minimum Gasteiger partial charge on any atom is -0.355 e. The number of rotatable bonds is 8. The number of pyridine rings is 1. The number of H-pyrrole nitrogens is 1. The van der Waals surface area contributed by atoms with Gasteiger partial charge in [0.15, 0.2) is 11.6 Å². The summed E-state index contributed by atoms with van der Waals surface area (Å²) < 4.78 is 0. The fraction of sp³-hybridized carbons (Fsp3) is 0.146. The van der Waals surface area contributed by atoms with Gasteiger partial charge in [-0.1, -0.05) is 118 Å². The van der Waals surface area contributed by atoms with E-state index in [1.54, 1.807) is 30.3 Å². The summed E-state index contributed by atoms with van der Waals surface area (Å²) in [5.74, 6) is -0.541. The molecule has 0 amide bonds. The molecule has 1 aromatic heterocycles. The van der Waals surface area contributed by atoms with Gasteiger partial charge in [0, 0.05) is 27.8 Å². The molecule has 6 aromatic rings. The highest BCUT2D eigenvalue weighted by Crippen LogP contribution is 2.45. The van der Waals surface area contributed by atoms with Gasteiger partial charge in [0.25, 0.3) is 5.56 Å². The second-order valence-electron chi connectivity index (χ2n) is 12.6. The summed E-state index contributed by atoms with van der Waals surface area (Å²) >= 11 is 0. The first kappa shape index (κ1) is 29.2. The Balaban J connectivity index is 1.52. The fourth-order valence-electron chi connectivity index (χ4n) is 6.45. The Labute approximate surface area is 268 Å². The third kappa shape index (κ3) is 4.94. The summed E-state index contributed by atoms with van der Waals surface area (Å²) in [5.41, 5.74) is 7.23. The molecular formula is C41H34N2O3.